The first kappa shape index (κ1) is 12.5. The van der Waals surface area contributed by atoms with Crippen LogP contribution < -0.4 is 11.1 Å². The minimum atomic E-state index is -0.639. The minimum absolute atomic E-state index is 0.516. The smallest absolute Gasteiger partial charge is 0.273 e. The van der Waals surface area contributed by atoms with Crippen molar-refractivity contribution in [1.29, 1.82) is 0 Å². The van der Waals surface area contributed by atoms with E-state index in [0.29, 0.717) is 5.17 Å². The standard InChI is InChI=1S/C6H11NOS.CH3NOS/c1-8-6(9)7-4-5-2-3-5;2-1(3)4/h5H,2-4H2,1H3,(H,7,9);(H3,2,3,4). The Morgan fingerprint density at radius 1 is 1.77 bits per heavy atom. The van der Waals surface area contributed by atoms with Crippen molar-refractivity contribution in [2.75, 3.05) is 13.7 Å². The van der Waals surface area contributed by atoms with E-state index in [1.54, 1.807) is 7.11 Å². The minimum Gasteiger partial charge on any atom is -0.474 e. The molecule has 0 heterocycles. The molecule has 0 radical (unpaired) electrons. The number of rotatable bonds is 2. The molecule has 0 unspecified atom stereocenters. The van der Waals surface area contributed by atoms with Gasteiger partial charge < -0.3 is 15.8 Å². The van der Waals surface area contributed by atoms with Crippen LogP contribution in [0, 0.1) is 5.92 Å². The van der Waals surface area contributed by atoms with Crippen LogP contribution in [0.1, 0.15) is 12.8 Å². The number of hydrogen-bond acceptors (Lipinski definition) is 3. The summed E-state index contributed by atoms with van der Waals surface area (Å²) in [5.41, 5.74) is 4.34. The lowest BCUT2D eigenvalue weighted by molar-refractivity contribution is 0.267. The molecule has 1 amide bonds. The topological polar surface area (TPSA) is 64.3 Å². The molecule has 0 aliphatic heterocycles. The fourth-order valence-corrected chi connectivity index (χ4v) is 0.705. The Hall–Kier alpha value is -0.490. The van der Waals surface area contributed by atoms with Gasteiger partial charge in [0.15, 0.2) is 0 Å². The Balaban J connectivity index is 0.000000310. The van der Waals surface area contributed by atoms with E-state index in [-0.39, 0.29) is 0 Å². The summed E-state index contributed by atoms with van der Waals surface area (Å²) in [5.74, 6) is 0.859. The highest BCUT2D eigenvalue weighted by molar-refractivity contribution is 7.96. The summed E-state index contributed by atoms with van der Waals surface area (Å²) >= 11 is 7.87. The van der Waals surface area contributed by atoms with Crippen molar-refractivity contribution in [3.8, 4) is 0 Å². The van der Waals surface area contributed by atoms with Crippen LogP contribution in [0.3, 0.4) is 0 Å². The van der Waals surface area contributed by atoms with E-state index >= 15 is 0 Å². The molecule has 0 atom stereocenters. The number of hydrogen-bond donors (Lipinski definition) is 3. The lowest BCUT2D eigenvalue weighted by atomic mass is 10.4. The average Bonchev–Trinajstić information content (AvgIpc) is 2.82. The van der Waals surface area contributed by atoms with E-state index in [1.165, 1.54) is 12.8 Å². The molecule has 1 aliphatic rings. The summed E-state index contributed by atoms with van der Waals surface area (Å²) in [6.45, 7) is 0.993. The Kier molecular flexibility index (Phi) is 6.70. The Labute approximate surface area is 88.6 Å². The van der Waals surface area contributed by atoms with Crippen LogP contribution in [0.15, 0.2) is 0 Å². The van der Waals surface area contributed by atoms with E-state index in [2.05, 4.69) is 23.7 Å². The van der Waals surface area contributed by atoms with Crippen molar-refractivity contribution in [3.63, 3.8) is 0 Å². The molecule has 13 heavy (non-hydrogen) atoms. The van der Waals surface area contributed by atoms with Crippen LogP contribution in [0.25, 0.3) is 0 Å². The molecule has 0 saturated heterocycles. The van der Waals surface area contributed by atoms with E-state index in [1.807, 2.05) is 0 Å². The summed E-state index contributed by atoms with van der Waals surface area (Å²) in [6, 6.07) is 0. The van der Waals surface area contributed by atoms with Crippen molar-refractivity contribution in [2.24, 2.45) is 11.7 Å². The Bertz CT molecular complexity index is 179. The summed E-state index contributed by atoms with van der Waals surface area (Å²) in [6.07, 6.45) is 2.69. The molecule has 76 valence electrons. The van der Waals surface area contributed by atoms with Crippen LogP contribution in [-0.4, -0.2) is 24.1 Å². The Morgan fingerprint density at radius 2 is 2.23 bits per heavy atom. The van der Waals surface area contributed by atoms with Crippen molar-refractivity contribution < 1.29 is 9.53 Å². The van der Waals surface area contributed by atoms with Gasteiger partial charge in [-0.1, -0.05) is 12.6 Å². The molecule has 0 bridgehead atoms. The summed E-state index contributed by atoms with van der Waals surface area (Å²) < 4.78 is 4.75. The summed E-state index contributed by atoms with van der Waals surface area (Å²) in [4.78, 5) is 9.09. The number of methoxy groups -OCH3 is 1. The number of carbonyl (C=O) groups is 1. The largest absolute Gasteiger partial charge is 0.474 e. The molecule has 1 rings (SSSR count). The van der Waals surface area contributed by atoms with Crippen molar-refractivity contribution in [1.82, 2.24) is 5.32 Å². The second kappa shape index (κ2) is 6.97. The molecular formula is C7H14N2O2S2. The number of nitrogens with two attached hydrogens (primary N) is 1. The van der Waals surface area contributed by atoms with E-state index < -0.39 is 5.24 Å². The van der Waals surface area contributed by atoms with Gasteiger partial charge in [-0.2, -0.15) is 0 Å². The highest BCUT2D eigenvalue weighted by Crippen LogP contribution is 2.27. The number of primary amides is 1. The van der Waals surface area contributed by atoms with Crippen LogP contribution in [0.5, 0.6) is 0 Å². The lowest BCUT2D eigenvalue weighted by Crippen LogP contribution is -2.24. The van der Waals surface area contributed by atoms with Gasteiger partial charge in [0.05, 0.1) is 7.11 Å². The third-order valence-electron chi connectivity index (χ3n) is 1.42. The predicted molar refractivity (Wildman–Crippen MR) is 58.9 cm³/mol. The van der Waals surface area contributed by atoms with Crippen LogP contribution in [0.4, 0.5) is 4.79 Å². The zero-order valence-corrected chi connectivity index (χ0v) is 9.16. The zero-order valence-electron chi connectivity index (χ0n) is 7.45. The maximum Gasteiger partial charge on any atom is 0.273 e. The fraction of sp³-hybridized carbons (Fsp3) is 0.714. The first-order valence-corrected chi connectivity index (χ1v) is 4.72. The quantitative estimate of drug-likeness (QED) is 0.480. The van der Waals surface area contributed by atoms with Crippen molar-refractivity contribution in [2.45, 2.75) is 12.8 Å². The molecule has 6 heteroatoms. The highest BCUT2D eigenvalue weighted by Gasteiger charge is 2.20. The maximum atomic E-state index is 9.09. The van der Waals surface area contributed by atoms with Gasteiger partial charge in [0.25, 0.3) is 10.4 Å². The summed E-state index contributed by atoms with van der Waals surface area (Å²) in [7, 11) is 1.59. The number of ether oxygens (including phenoxy) is 1. The van der Waals surface area contributed by atoms with Gasteiger partial charge in [-0.15, -0.1) is 0 Å². The normalized spacial score (nSPS) is 13.7. The van der Waals surface area contributed by atoms with Gasteiger partial charge in [-0.3, -0.25) is 4.79 Å². The Morgan fingerprint density at radius 3 is 2.54 bits per heavy atom. The fourth-order valence-electron chi connectivity index (χ4n) is 0.622. The van der Waals surface area contributed by atoms with Gasteiger partial charge in [0, 0.05) is 6.54 Å². The number of amides is 1. The molecular weight excluding hydrogens is 208 g/mol. The molecule has 1 saturated carbocycles. The maximum absolute atomic E-state index is 9.09. The molecule has 3 N–H and O–H groups in total. The monoisotopic (exact) mass is 222 g/mol. The zero-order chi connectivity index (χ0) is 10.3. The second-order valence-electron chi connectivity index (χ2n) is 2.65. The molecule has 0 spiro atoms. The van der Waals surface area contributed by atoms with Gasteiger partial charge in [-0.05, 0) is 31.0 Å². The van der Waals surface area contributed by atoms with Gasteiger partial charge in [0.1, 0.15) is 0 Å². The highest BCUT2D eigenvalue weighted by atomic mass is 32.1. The number of thiol groups is 1. The van der Waals surface area contributed by atoms with E-state index in [4.69, 9.17) is 21.7 Å². The number of carbonyl (C=O) groups excluding carboxylic acids is 1. The molecule has 0 aromatic carbocycles. The van der Waals surface area contributed by atoms with Crippen LogP contribution in [-0.2, 0) is 4.74 Å². The third-order valence-corrected chi connectivity index (χ3v) is 1.73. The molecule has 1 fully saturated rings. The van der Waals surface area contributed by atoms with Crippen LogP contribution in [0.2, 0.25) is 0 Å². The van der Waals surface area contributed by atoms with Gasteiger partial charge in [0.2, 0.25) is 0 Å². The SMILES string of the molecule is COC(=S)NCC1CC1.NC(=O)S. The third kappa shape index (κ3) is 11.5. The molecule has 0 aromatic heterocycles. The molecule has 4 nitrogen and oxygen atoms in total. The number of nitrogens with one attached hydrogen (secondary N) is 1. The first-order chi connectivity index (χ1) is 6.06. The van der Waals surface area contributed by atoms with Crippen molar-refractivity contribution >= 4 is 35.3 Å². The number of thiocarbonyl (C=S) groups is 1. The van der Waals surface area contributed by atoms with E-state index in [9.17, 15) is 0 Å². The summed E-state index contributed by atoms with van der Waals surface area (Å²) in [5, 5.41) is 2.88. The molecule has 0 aromatic rings. The van der Waals surface area contributed by atoms with Gasteiger partial charge in [-0.25, -0.2) is 0 Å². The second-order valence-corrected chi connectivity index (χ2v) is 3.47. The average molecular weight is 222 g/mol. The lowest BCUT2D eigenvalue weighted by Gasteiger charge is -2.02. The van der Waals surface area contributed by atoms with Crippen LogP contribution >= 0.6 is 24.8 Å². The van der Waals surface area contributed by atoms with E-state index in [0.717, 1.165) is 12.5 Å². The van der Waals surface area contributed by atoms with Gasteiger partial charge >= 0.3 is 0 Å². The first-order valence-electron chi connectivity index (χ1n) is 3.86. The predicted octanol–water partition coefficient (Wildman–Crippen LogP) is 0.912. The van der Waals surface area contributed by atoms with Crippen molar-refractivity contribution in [3.05, 3.63) is 0 Å². The molecule has 1 aliphatic carbocycles.